The van der Waals surface area contributed by atoms with Crippen molar-refractivity contribution in [2.45, 2.75) is 37.9 Å². The summed E-state index contributed by atoms with van der Waals surface area (Å²) in [6.07, 6.45) is 7.27. The van der Waals surface area contributed by atoms with Gasteiger partial charge in [0.2, 0.25) is 5.95 Å². The minimum Gasteiger partial charge on any atom is -0.356 e. The number of aromatic nitrogens is 2. The number of anilines is 2. The lowest BCUT2D eigenvalue weighted by Crippen LogP contribution is -2.45. The summed E-state index contributed by atoms with van der Waals surface area (Å²) in [7, 11) is 0. The largest absolute Gasteiger partial charge is 0.356 e. The molecule has 1 aromatic carbocycles. The first-order valence-electron chi connectivity index (χ1n) is 10.9. The lowest BCUT2D eigenvalue weighted by Gasteiger charge is -2.38. The summed E-state index contributed by atoms with van der Waals surface area (Å²) in [5, 5.41) is 0. The van der Waals surface area contributed by atoms with Crippen molar-refractivity contribution in [1.82, 2.24) is 9.97 Å². The Hall–Kier alpha value is -2.18. The van der Waals surface area contributed by atoms with Gasteiger partial charge in [0.05, 0.1) is 13.2 Å². The summed E-state index contributed by atoms with van der Waals surface area (Å²) >= 11 is 0. The molecule has 0 atom stereocenters. The zero-order chi connectivity index (χ0) is 19.5. The van der Waals surface area contributed by atoms with Crippen LogP contribution in [0, 0.1) is 5.92 Å². The number of nitrogens with zero attached hydrogens (tertiary/aromatic N) is 4. The fraction of sp³-hybridized carbons (Fsp3) is 0.565. The van der Waals surface area contributed by atoms with E-state index in [1.807, 2.05) is 12.3 Å². The molecule has 0 unspecified atom stereocenters. The van der Waals surface area contributed by atoms with E-state index < -0.39 is 0 Å². The average molecular weight is 395 g/mol. The van der Waals surface area contributed by atoms with E-state index in [-0.39, 0.29) is 5.79 Å². The van der Waals surface area contributed by atoms with Crippen molar-refractivity contribution in [2.75, 3.05) is 49.2 Å². The van der Waals surface area contributed by atoms with Crippen molar-refractivity contribution >= 4 is 11.8 Å². The Kier molecular flexibility index (Phi) is 5.38. The Balaban J connectivity index is 1.18. The van der Waals surface area contributed by atoms with Crippen molar-refractivity contribution < 1.29 is 9.47 Å². The zero-order valence-electron chi connectivity index (χ0n) is 17.0. The van der Waals surface area contributed by atoms with Gasteiger partial charge in [-0.1, -0.05) is 30.3 Å². The summed E-state index contributed by atoms with van der Waals surface area (Å²) < 4.78 is 11.7. The molecule has 1 spiro atoms. The number of hydrogen-bond acceptors (Lipinski definition) is 6. The molecule has 0 aliphatic carbocycles. The zero-order valence-corrected chi connectivity index (χ0v) is 17.0. The van der Waals surface area contributed by atoms with Gasteiger partial charge in [0, 0.05) is 45.2 Å². The van der Waals surface area contributed by atoms with E-state index in [0.717, 1.165) is 69.9 Å². The number of hydrogen-bond donors (Lipinski definition) is 0. The molecule has 2 aromatic rings. The lowest BCUT2D eigenvalue weighted by atomic mass is 9.90. The standard InChI is InChI=1S/C23H30N4O2/c1-2-4-19(5-3-1)18-20-7-12-27(13-8-20)22-24-11-6-21(25-22)26-14-9-23(10-15-26)28-16-17-29-23/h1-6,11,20H,7-10,12-18H2. The average Bonchev–Trinajstić information content (AvgIpc) is 3.23. The van der Waals surface area contributed by atoms with Gasteiger partial charge in [-0.2, -0.15) is 4.98 Å². The lowest BCUT2D eigenvalue weighted by molar-refractivity contribution is -0.169. The monoisotopic (exact) mass is 394 g/mol. The van der Waals surface area contributed by atoms with E-state index >= 15 is 0 Å². The van der Waals surface area contributed by atoms with Crippen molar-refractivity contribution in [1.29, 1.82) is 0 Å². The van der Waals surface area contributed by atoms with Crippen LogP contribution < -0.4 is 9.80 Å². The van der Waals surface area contributed by atoms with Crippen LogP contribution in [0.1, 0.15) is 31.2 Å². The highest BCUT2D eigenvalue weighted by atomic mass is 16.7. The number of rotatable bonds is 4. The van der Waals surface area contributed by atoms with Crippen LogP contribution in [0.15, 0.2) is 42.6 Å². The number of benzene rings is 1. The van der Waals surface area contributed by atoms with Crippen molar-refractivity contribution in [3.8, 4) is 0 Å². The van der Waals surface area contributed by atoms with Crippen LogP contribution >= 0.6 is 0 Å². The molecule has 3 saturated heterocycles. The topological polar surface area (TPSA) is 50.7 Å². The molecule has 5 rings (SSSR count). The molecule has 4 heterocycles. The second-order valence-electron chi connectivity index (χ2n) is 8.43. The second-order valence-corrected chi connectivity index (χ2v) is 8.43. The van der Waals surface area contributed by atoms with Crippen LogP contribution in [0.25, 0.3) is 0 Å². The van der Waals surface area contributed by atoms with E-state index in [1.54, 1.807) is 0 Å². The summed E-state index contributed by atoms with van der Waals surface area (Å²) in [6.45, 7) is 5.33. The Bertz CT molecular complexity index is 792. The van der Waals surface area contributed by atoms with E-state index in [2.05, 4.69) is 45.1 Å². The summed E-state index contributed by atoms with van der Waals surface area (Å²) in [4.78, 5) is 14.2. The predicted octanol–water partition coefficient (Wildman–Crippen LogP) is 3.28. The minimum atomic E-state index is -0.340. The third-order valence-electron chi connectivity index (χ3n) is 6.56. The maximum absolute atomic E-state index is 5.85. The van der Waals surface area contributed by atoms with Gasteiger partial charge in [0.15, 0.2) is 5.79 Å². The van der Waals surface area contributed by atoms with Gasteiger partial charge in [-0.25, -0.2) is 4.98 Å². The SMILES string of the molecule is c1ccc(CC2CCN(c3nccc(N4CCC5(CC4)OCCO5)n3)CC2)cc1. The van der Waals surface area contributed by atoms with Crippen molar-refractivity contribution in [3.63, 3.8) is 0 Å². The molecule has 6 nitrogen and oxygen atoms in total. The van der Waals surface area contributed by atoms with Gasteiger partial charge >= 0.3 is 0 Å². The molecular weight excluding hydrogens is 364 g/mol. The molecule has 0 amide bonds. The third kappa shape index (κ3) is 4.23. The Labute approximate surface area is 172 Å². The first-order valence-corrected chi connectivity index (χ1v) is 10.9. The Morgan fingerprint density at radius 1 is 0.897 bits per heavy atom. The van der Waals surface area contributed by atoms with Crippen LogP contribution in [-0.4, -0.2) is 55.1 Å². The maximum Gasteiger partial charge on any atom is 0.227 e. The van der Waals surface area contributed by atoms with Gasteiger partial charge in [-0.05, 0) is 36.8 Å². The van der Waals surface area contributed by atoms with Gasteiger partial charge in [-0.3, -0.25) is 0 Å². The van der Waals surface area contributed by atoms with Gasteiger partial charge in [0.1, 0.15) is 5.82 Å². The van der Waals surface area contributed by atoms with Crippen LogP contribution in [0.3, 0.4) is 0 Å². The maximum atomic E-state index is 5.85. The first kappa shape index (κ1) is 18.8. The summed E-state index contributed by atoms with van der Waals surface area (Å²) in [5.41, 5.74) is 1.45. The van der Waals surface area contributed by atoms with E-state index in [1.165, 1.54) is 24.8 Å². The smallest absolute Gasteiger partial charge is 0.227 e. The normalized spacial score (nSPS) is 22.3. The number of ether oxygens (including phenoxy) is 2. The minimum absolute atomic E-state index is 0.340. The fourth-order valence-electron chi connectivity index (χ4n) is 4.81. The van der Waals surface area contributed by atoms with Crippen LogP contribution in [0.2, 0.25) is 0 Å². The van der Waals surface area contributed by atoms with E-state index in [4.69, 9.17) is 14.5 Å². The molecular formula is C23H30N4O2. The highest BCUT2D eigenvalue weighted by Gasteiger charge is 2.40. The molecule has 0 bridgehead atoms. The van der Waals surface area contributed by atoms with Crippen LogP contribution in [-0.2, 0) is 15.9 Å². The molecule has 154 valence electrons. The fourth-order valence-corrected chi connectivity index (χ4v) is 4.81. The Morgan fingerprint density at radius 3 is 2.34 bits per heavy atom. The highest BCUT2D eigenvalue weighted by Crippen LogP contribution is 2.33. The first-order chi connectivity index (χ1) is 14.3. The molecule has 3 aliphatic heterocycles. The van der Waals surface area contributed by atoms with Crippen LogP contribution in [0.5, 0.6) is 0 Å². The van der Waals surface area contributed by atoms with Gasteiger partial charge < -0.3 is 19.3 Å². The highest BCUT2D eigenvalue weighted by molar-refractivity contribution is 5.44. The van der Waals surface area contributed by atoms with Crippen molar-refractivity contribution in [3.05, 3.63) is 48.2 Å². The molecule has 0 saturated carbocycles. The molecule has 1 aromatic heterocycles. The van der Waals surface area contributed by atoms with Gasteiger partial charge in [-0.15, -0.1) is 0 Å². The van der Waals surface area contributed by atoms with E-state index in [0.29, 0.717) is 0 Å². The van der Waals surface area contributed by atoms with Gasteiger partial charge in [0.25, 0.3) is 0 Å². The van der Waals surface area contributed by atoms with Crippen molar-refractivity contribution in [2.24, 2.45) is 5.92 Å². The van der Waals surface area contributed by atoms with Crippen LogP contribution in [0.4, 0.5) is 11.8 Å². The van der Waals surface area contributed by atoms with E-state index in [9.17, 15) is 0 Å². The molecule has 0 radical (unpaired) electrons. The molecule has 29 heavy (non-hydrogen) atoms. The molecule has 0 N–H and O–H groups in total. The third-order valence-corrected chi connectivity index (χ3v) is 6.56. The molecule has 3 fully saturated rings. The summed E-state index contributed by atoms with van der Waals surface area (Å²) in [5.74, 6) is 2.30. The predicted molar refractivity (Wildman–Crippen MR) is 113 cm³/mol. The number of piperidine rings is 2. The quantitative estimate of drug-likeness (QED) is 0.793. The second kappa shape index (κ2) is 8.28. The Morgan fingerprint density at radius 2 is 1.62 bits per heavy atom. The molecule has 3 aliphatic rings. The summed E-state index contributed by atoms with van der Waals surface area (Å²) in [6, 6.07) is 12.9. The molecule has 6 heteroatoms.